The maximum Gasteiger partial charge on any atom is 0.123 e. The van der Waals surface area contributed by atoms with Crippen LogP contribution in [0.1, 0.15) is 22.9 Å². The quantitative estimate of drug-likeness (QED) is 0.888. The van der Waals surface area contributed by atoms with Crippen LogP contribution < -0.4 is 5.73 Å². The smallest absolute Gasteiger partial charge is 0.123 e. The minimum absolute atomic E-state index is 0.0920. The Morgan fingerprint density at radius 3 is 2.71 bits per heavy atom. The second kappa shape index (κ2) is 7.29. The molecule has 0 saturated heterocycles. The number of hydrogen-bond acceptors (Lipinski definition) is 3. The van der Waals surface area contributed by atoms with Gasteiger partial charge in [-0.2, -0.15) is 0 Å². The number of benzene rings is 1. The Kier molecular flexibility index (Phi) is 5.42. The van der Waals surface area contributed by atoms with Gasteiger partial charge in [-0.15, -0.1) is 0 Å². The summed E-state index contributed by atoms with van der Waals surface area (Å²) in [4.78, 5) is 6.53. The molecule has 0 aliphatic rings. The zero-order valence-corrected chi connectivity index (χ0v) is 12.6. The second-order valence-electron chi connectivity index (χ2n) is 5.30. The van der Waals surface area contributed by atoms with E-state index in [1.807, 2.05) is 38.2 Å². The third-order valence-electron chi connectivity index (χ3n) is 3.79. The summed E-state index contributed by atoms with van der Waals surface area (Å²) >= 11 is 0. The van der Waals surface area contributed by atoms with E-state index in [0.717, 1.165) is 29.8 Å². The minimum Gasteiger partial charge on any atom is -0.329 e. The van der Waals surface area contributed by atoms with E-state index in [0.29, 0.717) is 6.54 Å². The van der Waals surface area contributed by atoms with Gasteiger partial charge in [0.25, 0.3) is 0 Å². The fourth-order valence-electron chi connectivity index (χ4n) is 2.55. The fourth-order valence-corrected chi connectivity index (χ4v) is 2.55. The van der Waals surface area contributed by atoms with E-state index in [-0.39, 0.29) is 11.9 Å². The number of nitrogens with zero attached hydrogens (tertiary/aromatic N) is 2. The molecule has 0 fully saturated rings. The van der Waals surface area contributed by atoms with Crippen LogP contribution >= 0.6 is 0 Å². The molecule has 1 atom stereocenters. The normalized spacial score (nSPS) is 12.6. The summed E-state index contributed by atoms with van der Waals surface area (Å²) in [6, 6.07) is 10.9. The van der Waals surface area contributed by atoms with Crippen LogP contribution in [0, 0.1) is 12.7 Å². The van der Waals surface area contributed by atoms with Crippen LogP contribution in [0.4, 0.5) is 4.39 Å². The summed E-state index contributed by atoms with van der Waals surface area (Å²) in [7, 11) is 2.04. The van der Waals surface area contributed by atoms with Gasteiger partial charge in [0.05, 0.1) is 0 Å². The lowest BCUT2D eigenvalue weighted by Crippen LogP contribution is -2.32. The van der Waals surface area contributed by atoms with E-state index < -0.39 is 0 Å². The van der Waals surface area contributed by atoms with Gasteiger partial charge < -0.3 is 5.73 Å². The molecule has 0 amide bonds. The fraction of sp³-hybridized carbons (Fsp3) is 0.353. The third kappa shape index (κ3) is 4.09. The van der Waals surface area contributed by atoms with Crippen molar-refractivity contribution in [3.8, 4) is 0 Å². The molecule has 1 unspecified atom stereocenters. The van der Waals surface area contributed by atoms with Gasteiger partial charge in [-0.3, -0.25) is 9.88 Å². The molecule has 0 radical (unpaired) electrons. The number of halogens is 1. The molecule has 1 aromatic heterocycles. The molecule has 4 heteroatoms. The zero-order valence-electron chi connectivity index (χ0n) is 12.6. The van der Waals surface area contributed by atoms with E-state index in [1.54, 1.807) is 12.3 Å². The van der Waals surface area contributed by atoms with Gasteiger partial charge in [0, 0.05) is 37.4 Å². The SMILES string of the molecule is Cc1cc(F)ccc1C(CN)N(C)CCc1ccccn1. The molecule has 2 aromatic rings. The first-order valence-corrected chi connectivity index (χ1v) is 7.18. The number of rotatable bonds is 6. The van der Waals surface area contributed by atoms with Crippen molar-refractivity contribution in [3.63, 3.8) is 0 Å². The molecule has 3 nitrogen and oxygen atoms in total. The molecular formula is C17H22FN3. The average Bonchev–Trinajstić information content (AvgIpc) is 2.49. The molecule has 1 heterocycles. The Labute approximate surface area is 125 Å². The summed E-state index contributed by atoms with van der Waals surface area (Å²) in [5.41, 5.74) is 9.02. The number of hydrogen-bond donors (Lipinski definition) is 1. The highest BCUT2D eigenvalue weighted by Crippen LogP contribution is 2.22. The lowest BCUT2D eigenvalue weighted by atomic mass is 10.00. The Morgan fingerprint density at radius 2 is 2.10 bits per heavy atom. The molecule has 2 rings (SSSR count). The lowest BCUT2D eigenvalue weighted by molar-refractivity contribution is 0.251. The van der Waals surface area contributed by atoms with Crippen molar-refractivity contribution in [2.24, 2.45) is 5.73 Å². The average molecular weight is 287 g/mol. The largest absolute Gasteiger partial charge is 0.329 e. The highest BCUT2D eigenvalue weighted by molar-refractivity contribution is 5.30. The van der Waals surface area contributed by atoms with Crippen LogP contribution in [-0.4, -0.2) is 30.0 Å². The first-order valence-electron chi connectivity index (χ1n) is 7.18. The molecule has 0 saturated carbocycles. The van der Waals surface area contributed by atoms with Crippen LogP contribution in [0.3, 0.4) is 0 Å². The van der Waals surface area contributed by atoms with Crippen molar-refractivity contribution in [1.29, 1.82) is 0 Å². The Hall–Kier alpha value is -1.78. The van der Waals surface area contributed by atoms with Crippen LogP contribution in [0.25, 0.3) is 0 Å². The summed E-state index contributed by atoms with van der Waals surface area (Å²) in [6.45, 7) is 3.29. The summed E-state index contributed by atoms with van der Waals surface area (Å²) in [6.07, 6.45) is 2.67. The van der Waals surface area contributed by atoms with Crippen molar-refractivity contribution < 1.29 is 4.39 Å². The standard InChI is InChI=1S/C17H22FN3/c1-13-11-14(18)6-7-16(13)17(12-19)21(2)10-8-15-5-3-4-9-20-15/h3-7,9,11,17H,8,10,12,19H2,1-2H3. The predicted molar refractivity (Wildman–Crippen MR) is 83.5 cm³/mol. The zero-order chi connectivity index (χ0) is 15.2. The van der Waals surface area contributed by atoms with Crippen molar-refractivity contribution in [2.45, 2.75) is 19.4 Å². The molecule has 2 N–H and O–H groups in total. The predicted octanol–water partition coefficient (Wildman–Crippen LogP) is 2.70. The topological polar surface area (TPSA) is 42.1 Å². The second-order valence-corrected chi connectivity index (χ2v) is 5.30. The molecular weight excluding hydrogens is 265 g/mol. The molecule has 112 valence electrons. The number of aromatic nitrogens is 1. The van der Waals surface area contributed by atoms with Crippen LogP contribution in [0.5, 0.6) is 0 Å². The van der Waals surface area contributed by atoms with Crippen LogP contribution in [0.2, 0.25) is 0 Å². The highest BCUT2D eigenvalue weighted by atomic mass is 19.1. The van der Waals surface area contributed by atoms with E-state index >= 15 is 0 Å². The Morgan fingerprint density at radius 1 is 1.29 bits per heavy atom. The molecule has 0 spiro atoms. The van der Waals surface area contributed by atoms with E-state index in [1.165, 1.54) is 6.07 Å². The molecule has 0 aliphatic carbocycles. The molecule has 1 aromatic carbocycles. The molecule has 0 aliphatic heterocycles. The van der Waals surface area contributed by atoms with Crippen molar-refractivity contribution in [1.82, 2.24) is 9.88 Å². The van der Waals surface area contributed by atoms with E-state index in [2.05, 4.69) is 9.88 Å². The first-order chi connectivity index (χ1) is 10.1. The first kappa shape index (κ1) is 15.6. The third-order valence-corrected chi connectivity index (χ3v) is 3.79. The molecule has 0 bridgehead atoms. The minimum atomic E-state index is -0.205. The summed E-state index contributed by atoms with van der Waals surface area (Å²) in [5.74, 6) is -0.205. The number of nitrogens with two attached hydrogens (primary N) is 1. The van der Waals surface area contributed by atoms with Crippen molar-refractivity contribution in [3.05, 3.63) is 65.2 Å². The summed E-state index contributed by atoms with van der Waals surface area (Å²) in [5, 5.41) is 0. The summed E-state index contributed by atoms with van der Waals surface area (Å²) < 4.78 is 13.2. The van der Waals surface area contributed by atoms with Gasteiger partial charge in [-0.1, -0.05) is 12.1 Å². The number of aryl methyl sites for hydroxylation is 1. The van der Waals surface area contributed by atoms with Gasteiger partial charge >= 0.3 is 0 Å². The van der Waals surface area contributed by atoms with E-state index in [4.69, 9.17) is 5.73 Å². The number of pyridine rings is 1. The number of likely N-dealkylation sites (N-methyl/N-ethyl adjacent to an activating group) is 1. The van der Waals surface area contributed by atoms with Gasteiger partial charge in [0.2, 0.25) is 0 Å². The van der Waals surface area contributed by atoms with Gasteiger partial charge in [-0.25, -0.2) is 4.39 Å². The van der Waals surface area contributed by atoms with Crippen molar-refractivity contribution in [2.75, 3.05) is 20.1 Å². The van der Waals surface area contributed by atoms with Gasteiger partial charge in [-0.05, 0) is 49.4 Å². The molecule has 21 heavy (non-hydrogen) atoms. The lowest BCUT2D eigenvalue weighted by Gasteiger charge is -2.28. The van der Waals surface area contributed by atoms with Crippen LogP contribution in [-0.2, 0) is 6.42 Å². The highest BCUT2D eigenvalue weighted by Gasteiger charge is 2.17. The van der Waals surface area contributed by atoms with Gasteiger partial charge in [0.1, 0.15) is 5.82 Å². The maximum absolute atomic E-state index is 13.2. The maximum atomic E-state index is 13.2. The Bertz CT molecular complexity index is 572. The Balaban J connectivity index is 2.06. The van der Waals surface area contributed by atoms with Gasteiger partial charge in [0.15, 0.2) is 0 Å². The van der Waals surface area contributed by atoms with Crippen LogP contribution in [0.15, 0.2) is 42.6 Å². The van der Waals surface area contributed by atoms with E-state index in [9.17, 15) is 4.39 Å². The monoisotopic (exact) mass is 287 g/mol. The van der Waals surface area contributed by atoms with Crippen molar-refractivity contribution >= 4 is 0 Å².